The summed E-state index contributed by atoms with van der Waals surface area (Å²) in [5, 5.41) is 3.66. The zero-order valence-corrected chi connectivity index (χ0v) is 12.9. The van der Waals surface area contributed by atoms with Crippen molar-refractivity contribution in [2.24, 2.45) is 11.8 Å². The largest absolute Gasteiger partial charge is 0.380 e. The topological polar surface area (TPSA) is 24.5 Å². The molecule has 2 rings (SSSR count). The molecule has 1 saturated carbocycles. The fourth-order valence-electron chi connectivity index (χ4n) is 3.54. The molecule has 1 aliphatic heterocycles. The molecule has 112 valence electrons. The molecule has 1 heterocycles. The fourth-order valence-corrected chi connectivity index (χ4v) is 3.54. The Morgan fingerprint density at radius 1 is 1.16 bits per heavy atom. The Morgan fingerprint density at radius 2 is 1.95 bits per heavy atom. The van der Waals surface area contributed by atoms with Gasteiger partial charge in [0, 0.05) is 26.7 Å². The van der Waals surface area contributed by atoms with Crippen molar-refractivity contribution >= 4 is 0 Å². The van der Waals surface area contributed by atoms with Gasteiger partial charge in [-0.2, -0.15) is 0 Å². The van der Waals surface area contributed by atoms with Gasteiger partial charge in [-0.05, 0) is 44.2 Å². The first kappa shape index (κ1) is 15.3. The van der Waals surface area contributed by atoms with E-state index in [-0.39, 0.29) is 0 Å². The third-order valence-corrected chi connectivity index (χ3v) is 5.04. The average Bonchev–Trinajstić information content (AvgIpc) is 2.46. The van der Waals surface area contributed by atoms with Gasteiger partial charge in [-0.1, -0.05) is 26.2 Å². The molecule has 0 aromatic rings. The molecule has 0 aromatic carbocycles. The van der Waals surface area contributed by atoms with Crippen molar-refractivity contribution in [3.63, 3.8) is 0 Å². The molecular weight excluding hydrogens is 236 g/mol. The maximum Gasteiger partial charge on any atom is 0.0724 e. The first-order chi connectivity index (χ1) is 9.29. The lowest BCUT2D eigenvalue weighted by atomic mass is 9.89. The molecule has 2 unspecified atom stereocenters. The minimum absolute atomic E-state index is 0.437. The predicted molar refractivity (Wildman–Crippen MR) is 80.5 cm³/mol. The van der Waals surface area contributed by atoms with Crippen LogP contribution in [0.15, 0.2) is 0 Å². The smallest absolute Gasteiger partial charge is 0.0724 e. The van der Waals surface area contributed by atoms with Crippen LogP contribution in [-0.2, 0) is 4.74 Å². The highest BCUT2D eigenvalue weighted by molar-refractivity contribution is 4.79. The van der Waals surface area contributed by atoms with Crippen LogP contribution in [0.5, 0.6) is 0 Å². The van der Waals surface area contributed by atoms with Crippen LogP contribution in [0.2, 0.25) is 0 Å². The lowest BCUT2D eigenvalue weighted by Gasteiger charge is -2.36. The van der Waals surface area contributed by atoms with Crippen molar-refractivity contribution in [2.45, 2.75) is 51.6 Å². The molecule has 2 fully saturated rings. The van der Waals surface area contributed by atoms with Gasteiger partial charge in [0.15, 0.2) is 0 Å². The maximum atomic E-state index is 5.57. The quantitative estimate of drug-likeness (QED) is 0.749. The number of nitrogens with one attached hydrogen (secondary N) is 1. The van der Waals surface area contributed by atoms with Gasteiger partial charge >= 0.3 is 0 Å². The summed E-state index contributed by atoms with van der Waals surface area (Å²) in [4.78, 5) is 2.56. The summed E-state index contributed by atoms with van der Waals surface area (Å²) >= 11 is 0. The molecule has 0 spiro atoms. The summed E-state index contributed by atoms with van der Waals surface area (Å²) in [5.41, 5.74) is 0. The van der Waals surface area contributed by atoms with Crippen LogP contribution in [0, 0.1) is 11.8 Å². The van der Waals surface area contributed by atoms with Gasteiger partial charge in [0.25, 0.3) is 0 Å². The van der Waals surface area contributed by atoms with Crippen molar-refractivity contribution in [3.8, 4) is 0 Å². The van der Waals surface area contributed by atoms with E-state index in [2.05, 4.69) is 17.1 Å². The van der Waals surface area contributed by atoms with Crippen molar-refractivity contribution < 1.29 is 4.74 Å². The SMILES string of the molecule is COC1CN(CCNCC2CCCCC2)CCC1C. The van der Waals surface area contributed by atoms with Crippen molar-refractivity contribution in [1.82, 2.24) is 10.2 Å². The third kappa shape index (κ3) is 5.05. The van der Waals surface area contributed by atoms with E-state index in [0.29, 0.717) is 6.10 Å². The third-order valence-electron chi connectivity index (χ3n) is 5.04. The van der Waals surface area contributed by atoms with E-state index >= 15 is 0 Å². The summed E-state index contributed by atoms with van der Waals surface area (Å²) in [7, 11) is 1.85. The first-order valence-electron chi connectivity index (χ1n) is 8.25. The Labute approximate surface area is 119 Å². The van der Waals surface area contributed by atoms with Gasteiger partial charge in [0.2, 0.25) is 0 Å². The number of nitrogens with zero attached hydrogens (tertiary/aromatic N) is 1. The van der Waals surface area contributed by atoms with E-state index in [4.69, 9.17) is 4.74 Å². The van der Waals surface area contributed by atoms with E-state index in [1.54, 1.807) is 0 Å². The molecule has 2 atom stereocenters. The van der Waals surface area contributed by atoms with E-state index in [1.165, 1.54) is 58.2 Å². The predicted octanol–water partition coefficient (Wildman–Crippen LogP) is 2.51. The molecule has 1 aliphatic carbocycles. The van der Waals surface area contributed by atoms with E-state index in [0.717, 1.165) is 24.9 Å². The zero-order chi connectivity index (χ0) is 13.5. The molecule has 3 heteroatoms. The molecule has 0 bridgehead atoms. The van der Waals surface area contributed by atoms with E-state index in [1.807, 2.05) is 7.11 Å². The minimum Gasteiger partial charge on any atom is -0.380 e. The van der Waals surface area contributed by atoms with Gasteiger partial charge in [0.1, 0.15) is 0 Å². The summed E-state index contributed by atoms with van der Waals surface area (Å²) in [6.45, 7) is 8.22. The van der Waals surface area contributed by atoms with E-state index < -0.39 is 0 Å². The number of piperidine rings is 1. The molecule has 2 aliphatic rings. The van der Waals surface area contributed by atoms with Crippen molar-refractivity contribution in [3.05, 3.63) is 0 Å². The number of ether oxygens (including phenoxy) is 1. The van der Waals surface area contributed by atoms with E-state index in [9.17, 15) is 0 Å². The van der Waals surface area contributed by atoms with Crippen LogP contribution in [0.1, 0.15) is 45.4 Å². The standard InChI is InChI=1S/C16H32N2O/c1-14-8-10-18(13-16(14)19-2)11-9-17-12-15-6-4-3-5-7-15/h14-17H,3-13H2,1-2H3. The fraction of sp³-hybridized carbons (Fsp3) is 1.00. The second-order valence-corrected chi connectivity index (χ2v) is 6.55. The van der Waals surface area contributed by atoms with Crippen LogP contribution in [0.3, 0.4) is 0 Å². The monoisotopic (exact) mass is 268 g/mol. The molecule has 1 N–H and O–H groups in total. The lowest BCUT2D eigenvalue weighted by molar-refractivity contribution is -0.00448. The summed E-state index contributed by atoms with van der Waals surface area (Å²) in [5.74, 6) is 1.67. The van der Waals surface area contributed by atoms with Crippen LogP contribution in [-0.4, -0.2) is 50.8 Å². The average molecular weight is 268 g/mol. The van der Waals surface area contributed by atoms with Crippen LogP contribution >= 0.6 is 0 Å². The number of likely N-dealkylation sites (tertiary alicyclic amines) is 1. The second-order valence-electron chi connectivity index (χ2n) is 6.55. The molecule has 19 heavy (non-hydrogen) atoms. The summed E-state index contributed by atoms with van der Waals surface area (Å²) in [6.07, 6.45) is 8.96. The Balaban J connectivity index is 1.55. The highest BCUT2D eigenvalue weighted by Crippen LogP contribution is 2.22. The Bertz CT molecular complexity index is 241. The van der Waals surface area contributed by atoms with Gasteiger partial charge < -0.3 is 10.1 Å². The van der Waals surface area contributed by atoms with Gasteiger partial charge in [-0.15, -0.1) is 0 Å². The highest BCUT2D eigenvalue weighted by Gasteiger charge is 2.25. The minimum atomic E-state index is 0.437. The molecular formula is C16H32N2O. The van der Waals surface area contributed by atoms with Crippen LogP contribution in [0.4, 0.5) is 0 Å². The second kappa shape index (κ2) is 8.23. The Morgan fingerprint density at radius 3 is 2.68 bits per heavy atom. The summed E-state index contributed by atoms with van der Waals surface area (Å²) in [6, 6.07) is 0. The lowest BCUT2D eigenvalue weighted by Crippen LogP contribution is -2.46. The normalized spacial score (nSPS) is 30.6. The van der Waals surface area contributed by atoms with Gasteiger partial charge in [-0.25, -0.2) is 0 Å². The zero-order valence-electron chi connectivity index (χ0n) is 12.9. The highest BCUT2D eigenvalue weighted by atomic mass is 16.5. The van der Waals surface area contributed by atoms with Crippen LogP contribution < -0.4 is 5.32 Å². The molecule has 3 nitrogen and oxygen atoms in total. The summed E-state index contributed by atoms with van der Waals surface area (Å²) < 4.78 is 5.57. The first-order valence-corrected chi connectivity index (χ1v) is 8.25. The number of hydrogen-bond donors (Lipinski definition) is 1. The Kier molecular flexibility index (Phi) is 6.62. The number of rotatable bonds is 6. The van der Waals surface area contributed by atoms with Crippen molar-refractivity contribution in [2.75, 3.05) is 39.8 Å². The molecule has 1 saturated heterocycles. The molecule has 0 aromatic heterocycles. The number of hydrogen-bond acceptors (Lipinski definition) is 3. The molecule has 0 radical (unpaired) electrons. The Hall–Kier alpha value is -0.120. The van der Waals surface area contributed by atoms with Crippen molar-refractivity contribution in [1.29, 1.82) is 0 Å². The van der Waals surface area contributed by atoms with Gasteiger partial charge in [0.05, 0.1) is 6.10 Å². The number of methoxy groups -OCH3 is 1. The van der Waals surface area contributed by atoms with Gasteiger partial charge in [-0.3, -0.25) is 4.90 Å². The maximum absolute atomic E-state index is 5.57. The van der Waals surface area contributed by atoms with Crippen LogP contribution in [0.25, 0.3) is 0 Å². The molecule has 0 amide bonds.